The van der Waals surface area contributed by atoms with Crippen LogP contribution in [0.4, 0.5) is 6.01 Å². The summed E-state index contributed by atoms with van der Waals surface area (Å²) in [4.78, 5) is 0. The average molecular weight is 238 g/mol. The maximum Gasteiger partial charge on any atom is 0.315 e. The SMILES string of the molecule is CCCNC(C)c1nnc(NC2CCCC2)o1. The summed E-state index contributed by atoms with van der Waals surface area (Å²) < 4.78 is 5.61. The van der Waals surface area contributed by atoms with E-state index in [4.69, 9.17) is 4.42 Å². The third kappa shape index (κ3) is 3.43. The molecule has 0 aliphatic heterocycles. The lowest BCUT2D eigenvalue weighted by atomic mass is 10.3. The lowest BCUT2D eigenvalue weighted by Crippen LogP contribution is -2.19. The smallest absolute Gasteiger partial charge is 0.315 e. The highest BCUT2D eigenvalue weighted by Crippen LogP contribution is 2.22. The van der Waals surface area contributed by atoms with Gasteiger partial charge in [-0.3, -0.25) is 0 Å². The van der Waals surface area contributed by atoms with Crippen molar-refractivity contribution in [1.29, 1.82) is 0 Å². The van der Waals surface area contributed by atoms with Crippen LogP contribution in [0, 0.1) is 0 Å². The standard InChI is InChI=1S/C12H22N4O/c1-3-8-13-9(2)11-15-16-12(17-11)14-10-6-4-5-7-10/h9-10,13H,3-8H2,1-2H3,(H,14,16). The molecule has 1 aliphatic rings. The normalized spacial score (nSPS) is 18.5. The van der Waals surface area contributed by atoms with Crippen molar-refractivity contribution >= 4 is 6.01 Å². The molecule has 1 aromatic heterocycles. The molecule has 1 aliphatic carbocycles. The third-order valence-corrected chi connectivity index (χ3v) is 3.19. The van der Waals surface area contributed by atoms with E-state index in [0.29, 0.717) is 17.9 Å². The molecule has 5 nitrogen and oxygen atoms in total. The van der Waals surface area contributed by atoms with Crippen LogP contribution in [0.2, 0.25) is 0 Å². The molecular weight excluding hydrogens is 216 g/mol. The van der Waals surface area contributed by atoms with Crippen molar-refractivity contribution in [3.63, 3.8) is 0 Å². The second kappa shape index (κ2) is 6.00. The maximum atomic E-state index is 5.61. The van der Waals surface area contributed by atoms with Gasteiger partial charge < -0.3 is 15.1 Å². The van der Waals surface area contributed by atoms with E-state index in [1.54, 1.807) is 0 Å². The minimum atomic E-state index is 0.126. The quantitative estimate of drug-likeness (QED) is 0.797. The van der Waals surface area contributed by atoms with E-state index < -0.39 is 0 Å². The Hall–Kier alpha value is -1.10. The lowest BCUT2D eigenvalue weighted by Gasteiger charge is -2.09. The molecule has 2 rings (SSSR count). The first-order chi connectivity index (χ1) is 8.29. The fourth-order valence-corrected chi connectivity index (χ4v) is 2.16. The van der Waals surface area contributed by atoms with Crippen molar-refractivity contribution in [2.45, 2.75) is 58.0 Å². The van der Waals surface area contributed by atoms with Gasteiger partial charge in [-0.2, -0.15) is 0 Å². The summed E-state index contributed by atoms with van der Waals surface area (Å²) in [6.45, 7) is 5.15. The van der Waals surface area contributed by atoms with E-state index in [1.165, 1.54) is 25.7 Å². The van der Waals surface area contributed by atoms with E-state index >= 15 is 0 Å². The average Bonchev–Trinajstić information content (AvgIpc) is 2.98. The highest BCUT2D eigenvalue weighted by molar-refractivity contribution is 5.20. The molecule has 0 aromatic carbocycles. The van der Waals surface area contributed by atoms with Gasteiger partial charge in [0.2, 0.25) is 5.89 Å². The third-order valence-electron chi connectivity index (χ3n) is 3.19. The second-order valence-electron chi connectivity index (χ2n) is 4.75. The number of rotatable bonds is 6. The largest absolute Gasteiger partial charge is 0.406 e. The fraction of sp³-hybridized carbons (Fsp3) is 0.833. The summed E-state index contributed by atoms with van der Waals surface area (Å²) in [5.41, 5.74) is 0. The monoisotopic (exact) mass is 238 g/mol. The van der Waals surface area contributed by atoms with Crippen molar-refractivity contribution in [1.82, 2.24) is 15.5 Å². The Morgan fingerprint density at radius 1 is 1.35 bits per heavy atom. The minimum absolute atomic E-state index is 0.126. The van der Waals surface area contributed by atoms with Gasteiger partial charge >= 0.3 is 6.01 Å². The van der Waals surface area contributed by atoms with Crippen molar-refractivity contribution in [2.24, 2.45) is 0 Å². The molecule has 1 fully saturated rings. The number of nitrogens with one attached hydrogen (secondary N) is 2. The molecule has 0 spiro atoms. The summed E-state index contributed by atoms with van der Waals surface area (Å²) in [6, 6.07) is 1.21. The molecule has 5 heteroatoms. The minimum Gasteiger partial charge on any atom is -0.406 e. The summed E-state index contributed by atoms with van der Waals surface area (Å²) in [5, 5.41) is 14.7. The van der Waals surface area contributed by atoms with Crippen molar-refractivity contribution in [2.75, 3.05) is 11.9 Å². The predicted octanol–water partition coefficient (Wildman–Crippen LogP) is 2.48. The van der Waals surface area contributed by atoms with Gasteiger partial charge in [0, 0.05) is 6.04 Å². The second-order valence-corrected chi connectivity index (χ2v) is 4.75. The number of nitrogens with zero attached hydrogens (tertiary/aromatic N) is 2. The Balaban J connectivity index is 1.86. The molecule has 0 amide bonds. The summed E-state index contributed by atoms with van der Waals surface area (Å²) in [5.74, 6) is 0.666. The molecule has 2 N–H and O–H groups in total. The van der Waals surface area contributed by atoms with Crippen LogP contribution in [0.25, 0.3) is 0 Å². The van der Waals surface area contributed by atoms with Crippen LogP contribution in [-0.4, -0.2) is 22.8 Å². The zero-order valence-electron chi connectivity index (χ0n) is 10.7. The number of anilines is 1. The Kier molecular flexibility index (Phi) is 4.36. The van der Waals surface area contributed by atoms with E-state index in [1.807, 2.05) is 6.92 Å². The molecule has 0 saturated heterocycles. The molecule has 1 unspecified atom stereocenters. The Morgan fingerprint density at radius 2 is 2.12 bits per heavy atom. The first-order valence-electron chi connectivity index (χ1n) is 6.63. The van der Waals surface area contributed by atoms with Crippen molar-refractivity contribution < 1.29 is 4.42 Å². The van der Waals surface area contributed by atoms with E-state index in [0.717, 1.165) is 13.0 Å². The van der Waals surface area contributed by atoms with Gasteiger partial charge in [0.05, 0.1) is 6.04 Å². The molecule has 17 heavy (non-hydrogen) atoms. The molecule has 0 bridgehead atoms. The predicted molar refractivity (Wildman–Crippen MR) is 66.9 cm³/mol. The van der Waals surface area contributed by atoms with E-state index in [-0.39, 0.29) is 6.04 Å². The van der Waals surface area contributed by atoms with Crippen LogP contribution < -0.4 is 10.6 Å². The van der Waals surface area contributed by atoms with Crippen LogP contribution in [0.15, 0.2) is 4.42 Å². The van der Waals surface area contributed by atoms with Crippen LogP contribution in [0.1, 0.15) is 57.9 Å². The number of aromatic nitrogens is 2. The summed E-state index contributed by atoms with van der Waals surface area (Å²) in [7, 11) is 0. The van der Waals surface area contributed by atoms with E-state index in [9.17, 15) is 0 Å². The highest BCUT2D eigenvalue weighted by Gasteiger charge is 2.18. The molecule has 1 atom stereocenters. The molecule has 1 saturated carbocycles. The zero-order valence-corrected chi connectivity index (χ0v) is 10.7. The topological polar surface area (TPSA) is 63.0 Å². The van der Waals surface area contributed by atoms with Gasteiger partial charge in [-0.1, -0.05) is 24.9 Å². The van der Waals surface area contributed by atoms with Crippen LogP contribution in [0.3, 0.4) is 0 Å². The van der Waals surface area contributed by atoms with Crippen molar-refractivity contribution in [3.05, 3.63) is 5.89 Å². The maximum absolute atomic E-state index is 5.61. The van der Waals surface area contributed by atoms with Gasteiger partial charge in [0.25, 0.3) is 0 Å². The van der Waals surface area contributed by atoms with E-state index in [2.05, 4.69) is 27.8 Å². The summed E-state index contributed by atoms with van der Waals surface area (Å²) >= 11 is 0. The molecule has 0 radical (unpaired) electrons. The zero-order chi connectivity index (χ0) is 12.1. The fourth-order valence-electron chi connectivity index (χ4n) is 2.16. The number of hydrogen-bond acceptors (Lipinski definition) is 5. The van der Waals surface area contributed by atoms with Gasteiger partial charge in [-0.25, -0.2) is 0 Å². The molecule has 1 heterocycles. The first-order valence-corrected chi connectivity index (χ1v) is 6.63. The Bertz CT molecular complexity index is 333. The Morgan fingerprint density at radius 3 is 2.82 bits per heavy atom. The van der Waals surface area contributed by atoms with Gasteiger partial charge in [0.1, 0.15) is 0 Å². The molecule has 96 valence electrons. The number of hydrogen-bond donors (Lipinski definition) is 2. The van der Waals surface area contributed by atoms with Crippen molar-refractivity contribution in [3.8, 4) is 0 Å². The van der Waals surface area contributed by atoms with Gasteiger partial charge in [-0.15, -0.1) is 5.10 Å². The molecule has 1 aromatic rings. The molecular formula is C12H22N4O. The highest BCUT2D eigenvalue weighted by atomic mass is 16.4. The lowest BCUT2D eigenvalue weighted by molar-refractivity contribution is 0.421. The van der Waals surface area contributed by atoms with Crippen LogP contribution >= 0.6 is 0 Å². The van der Waals surface area contributed by atoms with Gasteiger partial charge in [0.15, 0.2) is 0 Å². The van der Waals surface area contributed by atoms with Crippen LogP contribution in [-0.2, 0) is 0 Å². The summed E-state index contributed by atoms with van der Waals surface area (Å²) in [6.07, 6.45) is 6.12. The first kappa shape index (κ1) is 12.4. The van der Waals surface area contributed by atoms with Crippen LogP contribution in [0.5, 0.6) is 0 Å². The van der Waals surface area contributed by atoms with Gasteiger partial charge in [-0.05, 0) is 32.7 Å². The Labute approximate surface area is 102 Å².